The molecule has 2 nitrogen and oxygen atoms in total. The van der Waals surface area contributed by atoms with Gasteiger partial charge in [0.1, 0.15) is 0 Å². The first-order chi connectivity index (χ1) is 24.3. The molecule has 0 saturated heterocycles. The minimum atomic E-state index is -0.107. The molecule has 2 aliphatic carbocycles. The molecule has 0 spiro atoms. The van der Waals surface area contributed by atoms with Crippen LogP contribution in [0, 0.1) is 0 Å². The average molecular weight is 643 g/mol. The van der Waals surface area contributed by atoms with E-state index in [1.807, 2.05) is 0 Å². The molecule has 0 N–H and O–H groups in total. The summed E-state index contributed by atoms with van der Waals surface area (Å²) >= 11 is 0. The van der Waals surface area contributed by atoms with Crippen LogP contribution in [0.4, 0.5) is 17.1 Å². The van der Waals surface area contributed by atoms with Gasteiger partial charge < -0.3 is 9.47 Å². The molecule has 0 aliphatic heterocycles. The van der Waals surface area contributed by atoms with Gasteiger partial charge in [0.15, 0.2) is 0 Å². The number of aromatic nitrogens is 1. The van der Waals surface area contributed by atoms with Crippen molar-refractivity contribution in [3.8, 4) is 27.9 Å². The quantitative estimate of drug-likeness (QED) is 0.185. The highest BCUT2D eigenvalue weighted by Crippen LogP contribution is 2.56. The van der Waals surface area contributed by atoms with Crippen molar-refractivity contribution in [2.45, 2.75) is 38.5 Å². The van der Waals surface area contributed by atoms with E-state index in [-0.39, 0.29) is 10.8 Å². The minimum Gasteiger partial charge on any atom is -0.310 e. The van der Waals surface area contributed by atoms with E-state index in [1.165, 1.54) is 77.7 Å². The number of fused-ring (bicyclic) bond motifs is 9. The summed E-state index contributed by atoms with van der Waals surface area (Å²) < 4.78 is 2.42. The van der Waals surface area contributed by atoms with Crippen LogP contribution in [0.2, 0.25) is 0 Å². The van der Waals surface area contributed by atoms with E-state index in [9.17, 15) is 0 Å². The number of nitrogens with zero attached hydrogens (tertiary/aromatic N) is 2. The Morgan fingerprint density at radius 3 is 1.82 bits per heavy atom. The second-order valence-corrected chi connectivity index (χ2v) is 15.0. The maximum atomic E-state index is 2.52. The monoisotopic (exact) mass is 642 g/mol. The minimum absolute atomic E-state index is 0.0983. The second kappa shape index (κ2) is 10.3. The van der Waals surface area contributed by atoms with Crippen molar-refractivity contribution < 1.29 is 0 Å². The highest BCUT2D eigenvalue weighted by molar-refractivity contribution is 6.10. The lowest BCUT2D eigenvalue weighted by atomic mass is 9.82. The number of hydrogen-bond donors (Lipinski definition) is 0. The van der Waals surface area contributed by atoms with Crippen molar-refractivity contribution in [3.05, 3.63) is 180 Å². The van der Waals surface area contributed by atoms with Gasteiger partial charge in [-0.25, -0.2) is 0 Å². The van der Waals surface area contributed by atoms with Crippen LogP contribution in [0.25, 0.3) is 49.7 Å². The first-order valence-electron chi connectivity index (χ1n) is 17.7. The summed E-state index contributed by atoms with van der Waals surface area (Å²) in [7, 11) is 0. The number of benzene rings is 7. The molecule has 0 atom stereocenters. The summed E-state index contributed by atoms with van der Waals surface area (Å²) in [6.07, 6.45) is 0. The summed E-state index contributed by atoms with van der Waals surface area (Å²) in [5, 5.41) is 2.52. The summed E-state index contributed by atoms with van der Waals surface area (Å²) in [5.41, 5.74) is 17.7. The Balaban J connectivity index is 1.27. The predicted molar refractivity (Wildman–Crippen MR) is 211 cm³/mol. The standard InChI is InChI=1S/C48H38N2/c1-47(2)40-21-12-9-19-38(40)46-41(47)22-14-24-44(46)49(32-25-27-35-34-17-8-11-20-39(34)48(3,4)42(35)29-32)33-26-28-37-36-18-10-13-23-43(36)50(45(37)30-33)31-15-6-5-7-16-31/h5-30H,1-4H3. The fourth-order valence-electron chi connectivity index (χ4n) is 9.13. The highest BCUT2D eigenvalue weighted by atomic mass is 15.1. The molecule has 0 fully saturated rings. The lowest BCUT2D eigenvalue weighted by Crippen LogP contribution is -2.17. The third kappa shape index (κ3) is 3.91. The summed E-state index contributed by atoms with van der Waals surface area (Å²) in [5.74, 6) is 0. The van der Waals surface area contributed by atoms with E-state index in [0.717, 1.165) is 11.4 Å². The molecule has 7 aromatic carbocycles. The third-order valence-corrected chi connectivity index (χ3v) is 11.6. The van der Waals surface area contributed by atoms with Crippen molar-refractivity contribution in [2.24, 2.45) is 0 Å². The molecule has 0 amide bonds. The van der Waals surface area contributed by atoms with E-state index in [4.69, 9.17) is 0 Å². The molecule has 2 aliphatic rings. The normalized spacial score (nSPS) is 14.7. The largest absolute Gasteiger partial charge is 0.310 e. The van der Waals surface area contributed by atoms with Gasteiger partial charge in [-0.05, 0) is 87.5 Å². The Bertz CT molecular complexity index is 2650. The van der Waals surface area contributed by atoms with Gasteiger partial charge in [-0.3, -0.25) is 0 Å². The molecular formula is C48H38N2. The molecule has 10 rings (SSSR count). The van der Waals surface area contributed by atoms with E-state index in [2.05, 4.69) is 195 Å². The molecule has 1 heterocycles. The zero-order chi connectivity index (χ0) is 33.8. The maximum Gasteiger partial charge on any atom is 0.0561 e. The number of anilines is 3. The van der Waals surface area contributed by atoms with Crippen molar-refractivity contribution in [3.63, 3.8) is 0 Å². The van der Waals surface area contributed by atoms with Gasteiger partial charge >= 0.3 is 0 Å². The maximum absolute atomic E-state index is 2.52. The van der Waals surface area contributed by atoms with Gasteiger partial charge in [0, 0.05) is 44.2 Å². The molecule has 50 heavy (non-hydrogen) atoms. The van der Waals surface area contributed by atoms with Gasteiger partial charge in [0.25, 0.3) is 0 Å². The Morgan fingerprint density at radius 1 is 0.420 bits per heavy atom. The lowest BCUT2D eigenvalue weighted by molar-refractivity contribution is 0.660. The second-order valence-electron chi connectivity index (χ2n) is 15.0. The molecule has 2 heteroatoms. The zero-order valence-electron chi connectivity index (χ0n) is 28.9. The zero-order valence-corrected chi connectivity index (χ0v) is 28.9. The SMILES string of the molecule is CC1(C)c2ccccc2-c2ccc(N(c3ccc4c5ccccc5n(-c5ccccc5)c4c3)c3cccc4c3-c3ccccc3C4(C)C)cc21. The Kier molecular flexibility index (Phi) is 6.01. The fourth-order valence-corrected chi connectivity index (χ4v) is 9.13. The average Bonchev–Trinajstić information content (AvgIpc) is 3.69. The van der Waals surface area contributed by atoms with E-state index < -0.39 is 0 Å². The molecule has 0 saturated carbocycles. The number of para-hydroxylation sites is 2. The molecular weight excluding hydrogens is 605 g/mol. The molecule has 1 aromatic heterocycles. The molecule has 240 valence electrons. The predicted octanol–water partition coefficient (Wildman–Crippen LogP) is 12.9. The van der Waals surface area contributed by atoms with Gasteiger partial charge in [0.05, 0.1) is 16.7 Å². The lowest BCUT2D eigenvalue weighted by Gasteiger charge is -2.30. The van der Waals surface area contributed by atoms with Crippen LogP contribution in [0.3, 0.4) is 0 Å². The van der Waals surface area contributed by atoms with Crippen LogP contribution >= 0.6 is 0 Å². The van der Waals surface area contributed by atoms with Crippen LogP contribution in [0.15, 0.2) is 158 Å². The van der Waals surface area contributed by atoms with Crippen LogP contribution in [0.1, 0.15) is 49.9 Å². The Hall–Kier alpha value is -5.86. The third-order valence-electron chi connectivity index (χ3n) is 11.6. The fraction of sp³-hybridized carbons (Fsp3) is 0.125. The molecule has 0 radical (unpaired) electrons. The summed E-state index contributed by atoms with van der Waals surface area (Å²) in [4.78, 5) is 2.52. The number of hydrogen-bond acceptors (Lipinski definition) is 1. The first kappa shape index (κ1) is 29.1. The van der Waals surface area contributed by atoms with E-state index in [0.29, 0.717) is 0 Å². The molecule has 0 unspecified atom stereocenters. The van der Waals surface area contributed by atoms with Crippen molar-refractivity contribution in [1.29, 1.82) is 0 Å². The van der Waals surface area contributed by atoms with E-state index in [1.54, 1.807) is 0 Å². The van der Waals surface area contributed by atoms with Crippen LogP contribution in [-0.4, -0.2) is 4.57 Å². The van der Waals surface area contributed by atoms with Crippen molar-refractivity contribution >= 4 is 38.9 Å². The Labute approximate surface area is 293 Å². The van der Waals surface area contributed by atoms with Gasteiger partial charge in [-0.15, -0.1) is 0 Å². The topological polar surface area (TPSA) is 8.17 Å². The molecule has 8 aromatic rings. The Morgan fingerprint density at radius 2 is 1.00 bits per heavy atom. The van der Waals surface area contributed by atoms with E-state index >= 15 is 0 Å². The van der Waals surface area contributed by atoms with Gasteiger partial charge in [0.2, 0.25) is 0 Å². The number of rotatable bonds is 4. The van der Waals surface area contributed by atoms with Crippen LogP contribution < -0.4 is 4.90 Å². The van der Waals surface area contributed by atoms with Crippen molar-refractivity contribution in [2.75, 3.05) is 4.90 Å². The van der Waals surface area contributed by atoms with Gasteiger partial charge in [-0.1, -0.05) is 137 Å². The van der Waals surface area contributed by atoms with Gasteiger partial charge in [-0.2, -0.15) is 0 Å². The van der Waals surface area contributed by atoms with Crippen LogP contribution in [0.5, 0.6) is 0 Å². The molecule has 0 bridgehead atoms. The van der Waals surface area contributed by atoms with Crippen molar-refractivity contribution in [1.82, 2.24) is 4.57 Å². The smallest absolute Gasteiger partial charge is 0.0561 e. The summed E-state index contributed by atoms with van der Waals surface area (Å²) in [6.45, 7) is 9.47. The summed E-state index contributed by atoms with van der Waals surface area (Å²) in [6, 6.07) is 58.5. The van der Waals surface area contributed by atoms with Crippen LogP contribution in [-0.2, 0) is 10.8 Å². The first-order valence-corrected chi connectivity index (χ1v) is 17.7. The highest BCUT2D eigenvalue weighted by Gasteiger charge is 2.39.